The summed E-state index contributed by atoms with van der Waals surface area (Å²) in [6.07, 6.45) is -0.127. The number of anilines is 4. The lowest BCUT2D eigenvalue weighted by Crippen LogP contribution is -2.49. The van der Waals surface area contributed by atoms with Gasteiger partial charge in [-0.3, -0.25) is 9.59 Å². The second kappa shape index (κ2) is 8.66. The average molecular weight is 434 g/mol. The summed E-state index contributed by atoms with van der Waals surface area (Å²) in [6, 6.07) is 16.6. The number of benzene rings is 3. The van der Waals surface area contributed by atoms with Crippen LogP contribution < -0.4 is 26.4 Å². The van der Waals surface area contributed by atoms with Crippen molar-refractivity contribution in [3.63, 3.8) is 0 Å². The second-order valence-electron chi connectivity index (χ2n) is 7.92. The molecule has 0 saturated carbocycles. The average Bonchev–Trinajstić information content (AvgIpc) is 2.79. The van der Waals surface area contributed by atoms with Crippen LogP contribution >= 0.6 is 0 Å². The van der Waals surface area contributed by atoms with Crippen LogP contribution in [0.4, 0.5) is 22.7 Å². The Labute approximate surface area is 186 Å². The Balaban J connectivity index is 1.30. The van der Waals surface area contributed by atoms with Crippen molar-refractivity contribution in [3.05, 3.63) is 54.6 Å². The number of nitrogens with one attached hydrogen (secondary N) is 3. The fourth-order valence-electron chi connectivity index (χ4n) is 3.71. The van der Waals surface area contributed by atoms with E-state index >= 15 is 0 Å². The van der Waals surface area contributed by atoms with Gasteiger partial charge in [0, 0.05) is 40.6 Å². The van der Waals surface area contributed by atoms with Crippen molar-refractivity contribution in [1.82, 2.24) is 0 Å². The molecule has 0 fully saturated rings. The van der Waals surface area contributed by atoms with Crippen LogP contribution in [0.25, 0.3) is 10.8 Å². The Kier molecular flexibility index (Phi) is 5.77. The Morgan fingerprint density at radius 1 is 0.969 bits per heavy atom. The maximum atomic E-state index is 12.2. The summed E-state index contributed by atoms with van der Waals surface area (Å²) in [5.74, 6) is -0.532. The molecule has 0 aromatic heterocycles. The van der Waals surface area contributed by atoms with E-state index in [1.807, 2.05) is 37.3 Å². The normalized spacial score (nSPS) is 16.6. The lowest BCUT2D eigenvalue weighted by atomic mass is 9.99. The third-order valence-corrected chi connectivity index (χ3v) is 5.33. The first-order chi connectivity index (χ1) is 15.4. The van der Waals surface area contributed by atoms with Crippen LogP contribution in [0, 0.1) is 0 Å². The van der Waals surface area contributed by atoms with Crippen molar-refractivity contribution in [2.45, 2.75) is 25.4 Å². The summed E-state index contributed by atoms with van der Waals surface area (Å²) in [5.41, 5.74) is 8.82. The largest absolute Gasteiger partial charge is 0.461 e. The third kappa shape index (κ3) is 4.54. The molecule has 0 radical (unpaired) electrons. The van der Waals surface area contributed by atoms with Crippen molar-refractivity contribution in [2.75, 3.05) is 35.3 Å². The van der Waals surface area contributed by atoms with Crippen molar-refractivity contribution >= 4 is 45.5 Å². The fourth-order valence-corrected chi connectivity index (χ4v) is 3.71. The molecule has 0 bridgehead atoms. The number of nitrogen functional groups attached to an aromatic ring is 1. The number of esters is 2. The van der Waals surface area contributed by atoms with E-state index in [0.717, 1.165) is 27.8 Å². The molecule has 3 aromatic carbocycles. The Morgan fingerprint density at radius 3 is 2.38 bits per heavy atom. The van der Waals surface area contributed by atoms with Crippen molar-refractivity contribution in [1.29, 1.82) is 0 Å². The maximum Gasteiger partial charge on any atom is 0.311 e. The van der Waals surface area contributed by atoms with Gasteiger partial charge in [-0.2, -0.15) is 0 Å². The molecule has 8 nitrogen and oxygen atoms in total. The highest BCUT2D eigenvalue weighted by Crippen LogP contribution is 2.40. The Bertz CT molecular complexity index is 1150. The molecule has 166 valence electrons. The Hall–Kier alpha value is -3.94. The van der Waals surface area contributed by atoms with Crippen molar-refractivity contribution < 1.29 is 19.1 Å². The number of carbonyl (C=O) groups excluding carboxylic acids is 2. The van der Waals surface area contributed by atoms with Crippen molar-refractivity contribution in [2.24, 2.45) is 0 Å². The molecule has 0 spiro atoms. The van der Waals surface area contributed by atoms with Crippen LogP contribution in [0.2, 0.25) is 0 Å². The molecule has 4 rings (SSSR count). The fraction of sp³-hybridized carbons (Fsp3) is 0.250. The van der Waals surface area contributed by atoms with Crippen LogP contribution in [-0.4, -0.2) is 31.3 Å². The number of nitrogens with two attached hydrogens (primary N) is 1. The van der Waals surface area contributed by atoms with Gasteiger partial charge < -0.3 is 31.2 Å². The molecule has 3 aromatic rings. The highest BCUT2D eigenvalue weighted by atomic mass is 16.5. The molecular formula is C24H26N4O4. The highest BCUT2D eigenvalue weighted by Gasteiger charge is 2.31. The van der Waals surface area contributed by atoms with E-state index in [1.165, 1.54) is 0 Å². The summed E-state index contributed by atoms with van der Waals surface area (Å²) in [7, 11) is 1.81. The lowest BCUT2D eigenvalue weighted by Gasteiger charge is -2.38. The number of hydrogen-bond donors (Lipinski definition) is 4. The van der Waals surface area contributed by atoms with E-state index in [4.69, 9.17) is 15.2 Å². The van der Waals surface area contributed by atoms with Crippen molar-refractivity contribution in [3.8, 4) is 5.75 Å². The minimum absolute atomic E-state index is 0.0633. The van der Waals surface area contributed by atoms with Crippen LogP contribution in [0.3, 0.4) is 0 Å². The van der Waals surface area contributed by atoms with Crippen LogP contribution in [-0.2, 0) is 14.3 Å². The first kappa shape index (κ1) is 21.3. The molecular weight excluding hydrogens is 408 g/mol. The maximum absolute atomic E-state index is 12.2. The number of carbonyl (C=O) groups is 2. The summed E-state index contributed by atoms with van der Waals surface area (Å²) >= 11 is 0. The first-order valence-corrected chi connectivity index (χ1v) is 10.4. The zero-order valence-electron chi connectivity index (χ0n) is 18.0. The van der Waals surface area contributed by atoms with E-state index in [0.29, 0.717) is 11.4 Å². The summed E-state index contributed by atoms with van der Waals surface area (Å²) < 4.78 is 10.7. The quantitative estimate of drug-likeness (QED) is 0.251. The molecule has 1 unspecified atom stereocenters. The van der Waals surface area contributed by atoms with Gasteiger partial charge in [0.15, 0.2) is 0 Å². The van der Waals surface area contributed by atoms with Gasteiger partial charge in [-0.1, -0.05) is 12.1 Å². The van der Waals surface area contributed by atoms with E-state index in [-0.39, 0.29) is 19.4 Å². The molecule has 32 heavy (non-hydrogen) atoms. The Morgan fingerprint density at radius 2 is 1.66 bits per heavy atom. The smallest absolute Gasteiger partial charge is 0.311 e. The van der Waals surface area contributed by atoms with E-state index in [2.05, 4.69) is 16.0 Å². The van der Waals surface area contributed by atoms with Gasteiger partial charge in [-0.25, -0.2) is 0 Å². The van der Waals surface area contributed by atoms with Crippen LogP contribution in [0.5, 0.6) is 5.75 Å². The molecule has 0 saturated heterocycles. The zero-order chi connectivity index (χ0) is 22.7. The number of rotatable bonds is 7. The lowest BCUT2D eigenvalue weighted by molar-refractivity contribution is -0.147. The standard InChI is InChI=1S/C24H26N4O4/c1-24(27-19-5-3-4-17-18(25)10-11-20(28-24)23(17)19)14-31-21(29)12-13-22(30)32-16-8-6-15(26-2)7-9-16/h3-11,26-28H,12-14,25H2,1-2H3. The van der Waals surface area contributed by atoms with E-state index in [1.54, 1.807) is 31.3 Å². The molecule has 1 heterocycles. The molecule has 5 N–H and O–H groups in total. The topological polar surface area (TPSA) is 115 Å². The first-order valence-electron chi connectivity index (χ1n) is 10.4. The van der Waals surface area contributed by atoms with Crippen LogP contribution in [0.15, 0.2) is 54.6 Å². The highest BCUT2D eigenvalue weighted by molar-refractivity contribution is 6.09. The van der Waals surface area contributed by atoms with Gasteiger partial charge in [-0.05, 0) is 49.4 Å². The van der Waals surface area contributed by atoms with Crippen LogP contribution in [0.1, 0.15) is 19.8 Å². The molecule has 1 aliphatic rings. The monoisotopic (exact) mass is 434 g/mol. The van der Waals surface area contributed by atoms with Gasteiger partial charge in [0.2, 0.25) is 0 Å². The van der Waals surface area contributed by atoms with Gasteiger partial charge >= 0.3 is 11.9 Å². The molecule has 1 atom stereocenters. The van der Waals surface area contributed by atoms with Gasteiger partial charge in [0.1, 0.15) is 18.0 Å². The third-order valence-electron chi connectivity index (χ3n) is 5.33. The number of hydrogen-bond acceptors (Lipinski definition) is 8. The molecule has 0 aliphatic carbocycles. The zero-order valence-corrected chi connectivity index (χ0v) is 18.0. The predicted octanol–water partition coefficient (Wildman–Crippen LogP) is 3.95. The van der Waals surface area contributed by atoms with Gasteiger partial charge in [0.05, 0.1) is 12.8 Å². The summed E-state index contributed by atoms with van der Waals surface area (Å²) in [6.45, 7) is 1.98. The van der Waals surface area contributed by atoms with E-state index in [9.17, 15) is 9.59 Å². The molecule has 0 amide bonds. The summed E-state index contributed by atoms with van der Waals surface area (Å²) in [4.78, 5) is 24.3. The van der Waals surface area contributed by atoms with Gasteiger partial charge in [0.25, 0.3) is 0 Å². The minimum Gasteiger partial charge on any atom is -0.461 e. The minimum atomic E-state index is -0.706. The predicted molar refractivity (Wildman–Crippen MR) is 126 cm³/mol. The number of ether oxygens (including phenoxy) is 2. The molecule has 1 aliphatic heterocycles. The summed E-state index contributed by atoms with van der Waals surface area (Å²) in [5, 5.41) is 11.7. The molecule has 8 heteroatoms. The van der Waals surface area contributed by atoms with E-state index < -0.39 is 17.6 Å². The van der Waals surface area contributed by atoms with Gasteiger partial charge in [-0.15, -0.1) is 0 Å². The SMILES string of the molecule is CNc1ccc(OC(=O)CCC(=O)OCC2(C)Nc3cccc4c(N)ccc(c34)N2)cc1. The second-order valence-corrected chi connectivity index (χ2v) is 7.92.